The Kier molecular flexibility index (Phi) is 19.1. The average Bonchev–Trinajstić information content (AvgIpc) is 0.747. The van der Waals surface area contributed by atoms with Crippen LogP contribution in [0.5, 0.6) is 69.0 Å². The normalized spacial score (nSPS) is 12.3. The Morgan fingerprint density at radius 1 is 0.359 bits per heavy atom. The summed E-state index contributed by atoms with van der Waals surface area (Å²) in [4.78, 5) is 30.0. The number of anilines is 9. The number of aromatic nitrogens is 3. The molecule has 0 amide bonds. The van der Waals surface area contributed by atoms with Gasteiger partial charge in [-0.3, -0.25) is 14.7 Å². The fourth-order valence-corrected chi connectivity index (χ4v) is 11.2. The van der Waals surface area contributed by atoms with Crippen LogP contribution in [0.25, 0.3) is 33.8 Å². The van der Waals surface area contributed by atoms with Gasteiger partial charge in [0.05, 0.1) is 68.6 Å². The number of benzene rings is 9. The number of hydrogen-bond donors (Lipinski definition) is 1. The van der Waals surface area contributed by atoms with Crippen molar-refractivity contribution in [1.82, 2.24) is 15.0 Å². The van der Waals surface area contributed by atoms with Gasteiger partial charge in [0.25, 0.3) is 0 Å². The summed E-state index contributed by atoms with van der Waals surface area (Å²) in [7, 11) is 0. The van der Waals surface area contributed by atoms with Crippen LogP contribution < -0.4 is 43.1 Å². The minimum absolute atomic E-state index is 0. The smallest absolute Gasteiger partial charge is 0.156 e. The molecule has 14 nitrogen and oxygen atoms in total. The largest absolute Gasteiger partial charge is 0.512 e. The number of carbonyl (C=O) groups excluding carboxylic acids is 1. The minimum atomic E-state index is -0.125. The van der Waals surface area contributed by atoms with Crippen LogP contribution >= 0.6 is 0 Å². The summed E-state index contributed by atoms with van der Waals surface area (Å²) in [6.07, 6.45) is 6.50. The molecule has 0 spiro atoms. The Hall–Kier alpha value is -9.56. The summed E-state index contributed by atoms with van der Waals surface area (Å²) in [6, 6.07) is 80.4. The van der Waals surface area contributed by atoms with Gasteiger partial charge in [0, 0.05) is 122 Å². The molecule has 6 aliphatic heterocycles. The number of pyridine rings is 3. The van der Waals surface area contributed by atoms with Crippen molar-refractivity contribution in [2.45, 2.75) is 13.8 Å². The SMILES string of the molecule is CC(=O)C=C(C)O.[Ir].[Ir].[Ir].[Ir].[c-]1c(-c2ccccn2)cc2c3c1Oc1ccccc1N3c1ccccc1O2.[c-]1c(-c2ccccn2)cc2c3c1Oc1ccccc1N3c1ccccc1O2.c1ccc(-c2cc3c4c(c2)Oc2ccccc2N4c2ccccc2O3)nc1. The molecule has 0 saturated heterocycles. The molecule has 3 aromatic heterocycles. The van der Waals surface area contributed by atoms with E-state index >= 15 is 0 Å². The zero-order valence-corrected chi connectivity index (χ0v) is 58.1. The first-order valence-electron chi connectivity index (χ1n) is 28.3. The molecule has 0 bridgehead atoms. The van der Waals surface area contributed by atoms with Gasteiger partial charge in [0.15, 0.2) is 28.8 Å². The first-order valence-corrected chi connectivity index (χ1v) is 28.3. The zero-order chi connectivity index (χ0) is 59.2. The van der Waals surface area contributed by atoms with Gasteiger partial charge in [-0.1, -0.05) is 127 Å². The quantitative estimate of drug-likeness (QED) is 0.101. The van der Waals surface area contributed by atoms with Crippen LogP contribution in [0.4, 0.5) is 51.2 Å². The maximum absolute atomic E-state index is 10.0. The van der Waals surface area contributed by atoms with E-state index in [2.05, 4.69) is 78.2 Å². The summed E-state index contributed by atoms with van der Waals surface area (Å²) in [5.41, 5.74) is 13.8. The third-order valence-corrected chi connectivity index (χ3v) is 14.9. The van der Waals surface area contributed by atoms with Crippen molar-refractivity contribution >= 4 is 57.0 Å². The van der Waals surface area contributed by atoms with Crippen LogP contribution in [0.15, 0.2) is 255 Å². The number of rotatable bonds is 4. The molecule has 92 heavy (non-hydrogen) atoms. The molecule has 0 fully saturated rings. The standard InChI is InChI=1S/C23H14N2O2.2C23H13N2O2.C5H8O2.4Ir/c3*1-3-10-19-17(8-1)25-18-9-2-4-11-20(18)27-22-14-15(13-21(26-19)23(22)25)16-7-5-6-12-24-16;1-4(6)3-5(2)7;;;;/h1-14H;2*1-13H;3,6H,1-2H3;;;;/q;2*-1;;;;;. The molecule has 1 N–H and O–H groups in total. The average molecular weight is 1920 g/mol. The second-order valence-corrected chi connectivity index (χ2v) is 20.7. The second-order valence-electron chi connectivity index (χ2n) is 20.7. The van der Waals surface area contributed by atoms with Gasteiger partial charge in [-0.15, -0.1) is 11.1 Å². The van der Waals surface area contributed by atoms with Crippen LogP contribution in [-0.2, 0) is 85.2 Å². The van der Waals surface area contributed by atoms with Crippen molar-refractivity contribution < 1.29 is 119 Å². The van der Waals surface area contributed by atoms with Crippen molar-refractivity contribution in [2.24, 2.45) is 0 Å². The summed E-state index contributed by atoms with van der Waals surface area (Å²) in [5.74, 6) is 9.07. The van der Waals surface area contributed by atoms with E-state index in [1.54, 1.807) is 18.6 Å². The van der Waals surface area contributed by atoms with Crippen LogP contribution in [0, 0.1) is 12.1 Å². The van der Waals surface area contributed by atoms with Crippen molar-refractivity contribution in [3.8, 4) is 103 Å². The predicted molar refractivity (Wildman–Crippen MR) is 338 cm³/mol. The molecule has 460 valence electrons. The molecule has 18 rings (SSSR count). The molecule has 6 aliphatic rings. The fraction of sp³-hybridized carbons (Fsp3) is 0.0270. The van der Waals surface area contributed by atoms with Gasteiger partial charge < -0.3 is 53.3 Å². The van der Waals surface area contributed by atoms with E-state index in [-0.39, 0.29) is 92.0 Å². The van der Waals surface area contributed by atoms with E-state index in [0.717, 1.165) is 142 Å². The van der Waals surface area contributed by atoms with E-state index in [4.69, 9.17) is 33.5 Å². The number of ether oxygens (including phenoxy) is 6. The van der Waals surface area contributed by atoms with E-state index in [0.29, 0.717) is 11.5 Å². The minimum Gasteiger partial charge on any atom is -0.512 e. The molecular formula is C74H48Ir4N6O8-2. The van der Waals surface area contributed by atoms with E-state index in [1.807, 2.05) is 188 Å². The van der Waals surface area contributed by atoms with Crippen molar-refractivity contribution in [3.63, 3.8) is 0 Å². The fourth-order valence-electron chi connectivity index (χ4n) is 11.2. The topological polar surface area (TPSA) is 141 Å². The van der Waals surface area contributed by atoms with Crippen LogP contribution in [-0.4, -0.2) is 25.8 Å². The number of carbonyl (C=O) groups is 1. The Morgan fingerprint density at radius 3 is 0.935 bits per heavy atom. The van der Waals surface area contributed by atoms with E-state index in [1.165, 1.54) is 19.9 Å². The van der Waals surface area contributed by atoms with Crippen molar-refractivity contribution in [2.75, 3.05) is 14.7 Å². The Balaban J connectivity index is 0.000000132. The summed E-state index contributed by atoms with van der Waals surface area (Å²) >= 11 is 0. The number of aliphatic hydroxyl groups excluding tert-OH is 1. The third kappa shape index (κ3) is 12.1. The summed E-state index contributed by atoms with van der Waals surface area (Å²) < 4.78 is 37.4. The molecule has 9 heterocycles. The first-order chi connectivity index (χ1) is 43.3. The number of para-hydroxylation sites is 12. The van der Waals surface area contributed by atoms with Gasteiger partial charge in [-0.2, -0.15) is 0 Å². The predicted octanol–water partition coefficient (Wildman–Crippen LogP) is 19.9. The maximum atomic E-state index is 10.0. The van der Waals surface area contributed by atoms with Gasteiger partial charge in [-0.05, 0) is 134 Å². The Labute approximate surface area is 584 Å². The third-order valence-electron chi connectivity index (χ3n) is 14.9. The zero-order valence-electron chi connectivity index (χ0n) is 48.5. The van der Waals surface area contributed by atoms with Crippen LogP contribution in [0.1, 0.15) is 13.8 Å². The number of nitrogens with zero attached hydrogens (tertiary/aromatic N) is 6. The maximum Gasteiger partial charge on any atom is 0.156 e. The van der Waals surface area contributed by atoms with Crippen molar-refractivity contribution in [1.29, 1.82) is 0 Å². The second kappa shape index (κ2) is 27.5. The molecular weight excluding hydrogens is 1870 g/mol. The number of aliphatic hydroxyl groups is 1. The molecule has 0 saturated carbocycles. The number of allylic oxidation sites excluding steroid dienone is 2. The first kappa shape index (κ1) is 64.0. The van der Waals surface area contributed by atoms with Crippen LogP contribution in [0.2, 0.25) is 0 Å². The molecule has 4 radical (unpaired) electrons. The molecule has 9 aromatic carbocycles. The molecule has 0 unspecified atom stereocenters. The molecule has 12 aromatic rings. The number of fused-ring (bicyclic) bond motifs is 12. The summed E-state index contributed by atoms with van der Waals surface area (Å²) in [6.45, 7) is 2.85. The van der Waals surface area contributed by atoms with E-state index < -0.39 is 0 Å². The van der Waals surface area contributed by atoms with Crippen molar-refractivity contribution in [3.05, 3.63) is 267 Å². The Bertz CT molecular complexity index is 4090. The Morgan fingerprint density at radius 2 is 0.641 bits per heavy atom. The number of hydrogen-bond acceptors (Lipinski definition) is 14. The van der Waals surface area contributed by atoms with Gasteiger partial charge in [-0.25, -0.2) is 0 Å². The number of ketones is 1. The van der Waals surface area contributed by atoms with Gasteiger partial charge in [0.2, 0.25) is 0 Å². The summed E-state index contributed by atoms with van der Waals surface area (Å²) in [5, 5.41) is 8.36. The van der Waals surface area contributed by atoms with Gasteiger partial charge >= 0.3 is 0 Å². The monoisotopic (exact) mass is 1920 g/mol. The molecule has 18 heteroatoms. The van der Waals surface area contributed by atoms with Gasteiger partial charge in [0.1, 0.15) is 28.7 Å². The van der Waals surface area contributed by atoms with Crippen LogP contribution in [0.3, 0.4) is 0 Å². The molecule has 0 atom stereocenters. The van der Waals surface area contributed by atoms with E-state index in [9.17, 15) is 4.79 Å². The molecule has 0 aliphatic carbocycles.